The van der Waals surface area contributed by atoms with Gasteiger partial charge >= 0.3 is 12.1 Å². The number of nitrogens with zero attached hydrogens (tertiary/aromatic N) is 5. The predicted octanol–water partition coefficient (Wildman–Crippen LogP) is -0.424. The summed E-state index contributed by atoms with van der Waals surface area (Å²) in [5, 5.41) is 35.2. The smallest absolute Gasteiger partial charge is 0.462 e. The molecule has 1 fully saturated rings. The van der Waals surface area contributed by atoms with Crippen LogP contribution in [-0.4, -0.2) is 99.6 Å². The van der Waals surface area contributed by atoms with Gasteiger partial charge in [0.15, 0.2) is 5.82 Å². The molecule has 1 aliphatic rings. The van der Waals surface area contributed by atoms with Gasteiger partial charge in [-0.3, -0.25) is 9.69 Å². The van der Waals surface area contributed by atoms with E-state index in [1.165, 1.54) is 16.9 Å². The van der Waals surface area contributed by atoms with Crippen LogP contribution >= 0.6 is 0 Å². The average Bonchev–Trinajstić information content (AvgIpc) is 3.36. The number of hydrogen-bond donors (Lipinski definition) is 3. The highest BCUT2D eigenvalue weighted by atomic mass is 16.7. The number of aliphatic hydroxyl groups excluding tert-OH is 2. The van der Waals surface area contributed by atoms with Gasteiger partial charge in [-0.25, -0.2) is 14.3 Å². The van der Waals surface area contributed by atoms with Crippen LogP contribution in [0, 0.1) is 11.3 Å². The van der Waals surface area contributed by atoms with Gasteiger partial charge in [-0.05, 0) is 40.1 Å². The van der Waals surface area contributed by atoms with Crippen molar-refractivity contribution in [1.82, 2.24) is 19.5 Å². The minimum atomic E-state index is -2.01. The fourth-order valence-corrected chi connectivity index (χ4v) is 3.89. The van der Waals surface area contributed by atoms with E-state index in [1.54, 1.807) is 38.9 Å². The molecule has 0 amide bonds. The molecule has 0 saturated carbocycles. The van der Waals surface area contributed by atoms with Crippen LogP contribution < -0.4 is 5.73 Å². The van der Waals surface area contributed by atoms with E-state index < -0.39 is 48.7 Å². The lowest BCUT2D eigenvalue weighted by atomic mass is 9.92. The van der Waals surface area contributed by atoms with Crippen molar-refractivity contribution in [3.63, 3.8) is 0 Å². The molecule has 14 heteroatoms. The number of carbonyl (C=O) groups is 2. The Morgan fingerprint density at radius 2 is 2.06 bits per heavy atom. The highest BCUT2D eigenvalue weighted by molar-refractivity contribution is 5.76. The monoisotopic (exact) mass is 506 g/mol. The van der Waals surface area contributed by atoms with Crippen LogP contribution in [0.1, 0.15) is 26.0 Å². The molecule has 2 aromatic rings. The number of hydrogen-bond acceptors (Lipinski definition) is 13. The fraction of sp³-hybridized carbons (Fsp3) is 0.591. The highest BCUT2D eigenvalue weighted by Crippen LogP contribution is 2.40. The Morgan fingerprint density at radius 1 is 1.33 bits per heavy atom. The SMILES string of the molecule is CC(C)OC(=O)C(CCOC(=O)OC[C@H]1O[C@@](C#N)(c2ccc3c(N)ncnn23)[C@H](O)[C@@H]1O)N(C)C. The number of fused-ring (bicyclic) bond motifs is 1. The topological polar surface area (TPSA) is 195 Å². The van der Waals surface area contributed by atoms with E-state index in [1.807, 2.05) is 6.07 Å². The van der Waals surface area contributed by atoms with Crippen LogP contribution in [-0.2, 0) is 29.3 Å². The molecule has 1 aliphatic heterocycles. The van der Waals surface area contributed by atoms with Crippen molar-refractivity contribution in [3.05, 3.63) is 24.2 Å². The largest absolute Gasteiger partial charge is 0.508 e. The summed E-state index contributed by atoms with van der Waals surface area (Å²) >= 11 is 0. The van der Waals surface area contributed by atoms with E-state index in [4.69, 9.17) is 24.7 Å². The van der Waals surface area contributed by atoms with Crippen molar-refractivity contribution in [3.8, 4) is 6.07 Å². The van der Waals surface area contributed by atoms with E-state index in [-0.39, 0.29) is 30.6 Å². The molecule has 4 N–H and O–H groups in total. The zero-order valence-electron chi connectivity index (χ0n) is 20.4. The minimum Gasteiger partial charge on any atom is -0.462 e. The highest BCUT2D eigenvalue weighted by Gasteiger charge is 2.57. The molecule has 3 heterocycles. The molecular formula is C22H30N6O8. The van der Waals surface area contributed by atoms with Crippen LogP contribution in [0.4, 0.5) is 10.6 Å². The molecule has 0 bridgehead atoms. The van der Waals surface area contributed by atoms with Crippen LogP contribution in [0.2, 0.25) is 0 Å². The van der Waals surface area contributed by atoms with E-state index in [9.17, 15) is 25.1 Å². The first-order valence-electron chi connectivity index (χ1n) is 11.2. The summed E-state index contributed by atoms with van der Waals surface area (Å²) in [4.78, 5) is 29.8. The maximum absolute atomic E-state index is 12.2. The van der Waals surface area contributed by atoms with Crippen molar-refractivity contribution < 1.29 is 38.7 Å². The summed E-state index contributed by atoms with van der Waals surface area (Å²) in [6, 6.07) is 4.29. The van der Waals surface area contributed by atoms with Crippen molar-refractivity contribution in [1.29, 1.82) is 5.26 Å². The Balaban J connectivity index is 1.60. The number of esters is 1. The number of nitriles is 1. The number of nitrogen functional groups attached to an aromatic ring is 1. The molecule has 196 valence electrons. The Morgan fingerprint density at radius 3 is 2.69 bits per heavy atom. The lowest BCUT2D eigenvalue weighted by Crippen LogP contribution is -2.41. The number of aliphatic hydroxyl groups is 2. The standard InChI is InChI=1S/C22H30N6O8/c1-12(2)35-20(31)14(27(3)4)7-8-33-21(32)34-9-15-17(29)18(30)22(10-23,36-15)16-6-5-13-19(24)25-11-26-28(13)16/h5-6,11-12,14-15,17-18,29-30H,7-9H2,1-4H3,(H2,24,25,26)/t14?,15-,17-,18-,22+/m1/s1. The van der Waals surface area contributed by atoms with Crippen LogP contribution in [0.5, 0.6) is 0 Å². The van der Waals surface area contributed by atoms with Gasteiger partial charge in [-0.2, -0.15) is 10.4 Å². The second kappa shape index (κ2) is 11.0. The Bertz CT molecular complexity index is 1130. The molecular weight excluding hydrogens is 476 g/mol. The third-order valence-corrected chi connectivity index (χ3v) is 5.71. The number of rotatable bonds is 9. The van der Waals surface area contributed by atoms with Crippen molar-refractivity contribution in [2.75, 3.05) is 33.0 Å². The molecule has 14 nitrogen and oxygen atoms in total. The van der Waals surface area contributed by atoms with Gasteiger partial charge in [0.05, 0.1) is 18.4 Å². The molecule has 1 saturated heterocycles. The molecule has 5 atom stereocenters. The van der Waals surface area contributed by atoms with E-state index in [0.717, 1.165) is 0 Å². The van der Waals surface area contributed by atoms with Crippen molar-refractivity contribution in [2.24, 2.45) is 0 Å². The first-order valence-corrected chi connectivity index (χ1v) is 11.2. The van der Waals surface area contributed by atoms with Crippen molar-refractivity contribution in [2.45, 2.75) is 56.3 Å². The average molecular weight is 507 g/mol. The van der Waals surface area contributed by atoms with Gasteiger partial charge in [0.25, 0.3) is 0 Å². The summed E-state index contributed by atoms with van der Waals surface area (Å²) in [5.74, 6) is -0.296. The lowest BCUT2D eigenvalue weighted by Gasteiger charge is -2.24. The second-order valence-electron chi connectivity index (χ2n) is 8.76. The molecule has 0 spiro atoms. The van der Waals surface area contributed by atoms with Crippen molar-refractivity contribution >= 4 is 23.5 Å². The molecule has 3 rings (SSSR count). The van der Waals surface area contributed by atoms with Gasteiger partial charge in [0.2, 0.25) is 5.60 Å². The Labute approximate surface area is 207 Å². The summed E-state index contributed by atoms with van der Waals surface area (Å²) in [7, 11) is 3.40. The van der Waals surface area contributed by atoms with Gasteiger partial charge in [0.1, 0.15) is 48.9 Å². The number of nitrogens with two attached hydrogens (primary N) is 1. The van der Waals surface area contributed by atoms with E-state index in [0.29, 0.717) is 5.52 Å². The molecule has 0 aromatic carbocycles. The maximum Gasteiger partial charge on any atom is 0.508 e. The van der Waals surface area contributed by atoms with Crippen LogP contribution in [0.15, 0.2) is 18.5 Å². The normalized spacial score (nSPS) is 24.6. The maximum atomic E-state index is 12.2. The van der Waals surface area contributed by atoms with E-state index in [2.05, 4.69) is 10.1 Å². The lowest BCUT2D eigenvalue weighted by molar-refractivity contribution is -0.153. The van der Waals surface area contributed by atoms with Gasteiger partial charge in [0, 0.05) is 6.42 Å². The van der Waals surface area contributed by atoms with Gasteiger partial charge in [-0.15, -0.1) is 0 Å². The number of anilines is 1. The third kappa shape index (κ3) is 5.34. The minimum absolute atomic E-state index is 0.119. The summed E-state index contributed by atoms with van der Waals surface area (Å²) in [6.07, 6.45) is -4.51. The molecule has 1 unspecified atom stereocenters. The second-order valence-corrected chi connectivity index (χ2v) is 8.76. The molecule has 36 heavy (non-hydrogen) atoms. The zero-order valence-corrected chi connectivity index (χ0v) is 20.4. The molecule has 0 aliphatic carbocycles. The number of likely N-dealkylation sites (N-methyl/N-ethyl adjacent to an activating group) is 1. The van der Waals surface area contributed by atoms with E-state index >= 15 is 0 Å². The first kappa shape index (κ1) is 27.1. The third-order valence-electron chi connectivity index (χ3n) is 5.71. The fourth-order valence-electron chi connectivity index (χ4n) is 3.89. The summed E-state index contributed by atoms with van der Waals surface area (Å²) in [6.45, 7) is 2.83. The Hall–Kier alpha value is -3.51. The van der Waals surface area contributed by atoms with Crippen LogP contribution in [0.25, 0.3) is 5.52 Å². The molecule has 2 aromatic heterocycles. The quantitative estimate of drug-likeness (QED) is 0.371. The predicted molar refractivity (Wildman–Crippen MR) is 122 cm³/mol. The summed E-state index contributed by atoms with van der Waals surface area (Å²) in [5.41, 5.74) is 4.31. The number of ether oxygens (including phenoxy) is 4. The Kier molecular flexibility index (Phi) is 8.31. The molecule has 0 radical (unpaired) electrons. The van der Waals surface area contributed by atoms with Crippen LogP contribution in [0.3, 0.4) is 0 Å². The van der Waals surface area contributed by atoms with Gasteiger partial charge in [-0.1, -0.05) is 0 Å². The van der Waals surface area contributed by atoms with Gasteiger partial charge < -0.3 is 34.9 Å². The number of carbonyl (C=O) groups excluding carboxylic acids is 2. The summed E-state index contributed by atoms with van der Waals surface area (Å²) < 4.78 is 22.3. The number of aromatic nitrogens is 3. The zero-order chi connectivity index (χ0) is 26.6. The first-order chi connectivity index (χ1) is 17.0.